The Morgan fingerprint density at radius 3 is 1.57 bits per heavy atom. The summed E-state index contributed by atoms with van der Waals surface area (Å²) in [7, 11) is 0. The Morgan fingerprint density at radius 1 is 0.279 bits per heavy atom. The van der Waals surface area contributed by atoms with Crippen molar-refractivity contribution in [3.05, 3.63) is 261 Å². The Bertz CT molecular complexity index is 4000. The van der Waals surface area contributed by atoms with Crippen molar-refractivity contribution in [1.82, 2.24) is 0 Å². The maximum Gasteiger partial charge on any atom is 0.143 e. The van der Waals surface area contributed by atoms with Crippen LogP contribution in [0.4, 0.5) is 17.1 Å². The normalized spacial score (nSPS) is 11.5. The molecule has 318 valence electrons. The highest BCUT2D eigenvalue weighted by atomic mass is 16.3. The summed E-state index contributed by atoms with van der Waals surface area (Å²) >= 11 is 0. The van der Waals surface area contributed by atoms with Crippen molar-refractivity contribution in [2.75, 3.05) is 4.90 Å². The second kappa shape index (κ2) is 16.5. The van der Waals surface area contributed by atoms with Gasteiger partial charge in [-0.15, -0.1) is 0 Å². The summed E-state index contributed by atoms with van der Waals surface area (Å²) in [6.45, 7) is 0. The Kier molecular flexibility index (Phi) is 9.54. The fraction of sp³-hybridized carbons (Fsp3) is 0. The Labute approximate surface area is 395 Å². The molecule has 0 aliphatic heterocycles. The summed E-state index contributed by atoms with van der Waals surface area (Å²) in [6.07, 6.45) is 0. The predicted molar refractivity (Wildman–Crippen MR) is 288 cm³/mol. The summed E-state index contributed by atoms with van der Waals surface area (Å²) in [5.74, 6) is 0. The smallest absolute Gasteiger partial charge is 0.143 e. The fourth-order valence-corrected chi connectivity index (χ4v) is 10.5. The van der Waals surface area contributed by atoms with Crippen molar-refractivity contribution in [2.45, 2.75) is 0 Å². The maximum absolute atomic E-state index is 6.60. The fourth-order valence-electron chi connectivity index (χ4n) is 10.5. The first kappa shape index (κ1) is 39.4. The molecule has 2 nitrogen and oxygen atoms in total. The van der Waals surface area contributed by atoms with E-state index in [4.69, 9.17) is 4.42 Å². The Balaban J connectivity index is 0.981. The molecular weight excluding hydrogens is 823 g/mol. The van der Waals surface area contributed by atoms with Gasteiger partial charge in [-0.3, -0.25) is 0 Å². The lowest BCUT2D eigenvalue weighted by Gasteiger charge is -2.28. The van der Waals surface area contributed by atoms with Crippen molar-refractivity contribution >= 4 is 71.3 Å². The molecule has 0 spiro atoms. The van der Waals surface area contributed by atoms with E-state index in [0.717, 1.165) is 77.8 Å². The number of fused-ring (bicyclic) bond motifs is 8. The van der Waals surface area contributed by atoms with E-state index in [-0.39, 0.29) is 0 Å². The van der Waals surface area contributed by atoms with Crippen LogP contribution in [-0.4, -0.2) is 0 Å². The van der Waals surface area contributed by atoms with Gasteiger partial charge in [0.2, 0.25) is 0 Å². The van der Waals surface area contributed by atoms with Crippen molar-refractivity contribution in [2.24, 2.45) is 0 Å². The molecule has 1 aromatic heterocycles. The van der Waals surface area contributed by atoms with Gasteiger partial charge in [0.1, 0.15) is 11.2 Å². The van der Waals surface area contributed by atoms with Gasteiger partial charge in [0.15, 0.2) is 0 Å². The molecule has 0 N–H and O–H groups in total. The standard InChI is InChI=1S/C66H43NO/c1-4-18-44(19-5-1)53-27-14-15-32-61(53)67(51-38-34-46(35-39-51)54-31-17-33-62-65(54)59-41-36-45-20-10-11-28-55(45)66(59)68-62)52-26-16-25-49(42-52)50-37-40-57-56-29-12-13-30-58(56)63(47-21-6-2-7-22-47)64(60(57)43-50)48-23-8-3-9-24-48/h1-43H. The second-order valence-corrected chi connectivity index (χ2v) is 17.5. The van der Waals surface area contributed by atoms with Gasteiger partial charge in [0, 0.05) is 33.1 Å². The molecule has 1 heterocycles. The molecule has 68 heavy (non-hydrogen) atoms. The number of anilines is 3. The van der Waals surface area contributed by atoms with E-state index >= 15 is 0 Å². The van der Waals surface area contributed by atoms with Gasteiger partial charge >= 0.3 is 0 Å². The molecule has 0 amide bonds. The predicted octanol–water partition coefficient (Wildman–Crippen LogP) is 18.9. The van der Waals surface area contributed by atoms with E-state index in [1.807, 2.05) is 0 Å². The molecule has 0 fully saturated rings. The number of hydrogen-bond acceptors (Lipinski definition) is 2. The van der Waals surface area contributed by atoms with E-state index in [0.29, 0.717) is 0 Å². The molecular formula is C66H43NO. The highest BCUT2D eigenvalue weighted by Gasteiger charge is 2.21. The number of benzene rings is 12. The average molecular weight is 866 g/mol. The lowest BCUT2D eigenvalue weighted by molar-refractivity contribution is 0.673. The lowest BCUT2D eigenvalue weighted by Crippen LogP contribution is -2.11. The van der Waals surface area contributed by atoms with Crippen LogP contribution >= 0.6 is 0 Å². The van der Waals surface area contributed by atoms with Crippen molar-refractivity contribution in [1.29, 1.82) is 0 Å². The van der Waals surface area contributed by atoms with Crippen LogP contribution in [0.2, 0.25) is 0 Å². The van der Waals surface area contributed by atoms with Crippen LogP contribution in [0, 0.1) is 0 Å². The molecule has 0 bridgehead atoms. The minimum absolute atomic E-state index is 0.891. The number of hydrogen-bond donors (Lipinski definition) is 0. The first-order valence-corrected chi connectivity index (χ1v) is 23.3. The van der Waals surface area contributed by atoms with E-state index in [2.05, 4.69) is 266 Å². The van der Waals surface area contributed by atoms with Crippen molar-refractivity contribution in [3.8, 4) is 55.6 Å². The van der Waals surface area contributed by atoms with E-state index in [1.165, 1.54) is 49.2 Å². The zero-order valence-corrected chi connectivity index (χ0v) is 37.2. The molecule has 12 aromatic carbocycles. The highest BCUT2D eigenvalue weighted by molar-refractivity contribution is 6.22. The van der Waals surface area contributed by atoms with E-state index in [1.54, 1.807) is 0 Å². The SMILES string of the molecule is c1ccc(-c2ccccc2N(c2ccc(-c3cccc4oc5c6ccccc6ccc5c34)cc2)c2cccc(-c3ccc4c(c3)c(-c3ccccc3)c(-c3ccccc3)c3ccccc34)c2)cc1. The third-order valence-corrected chi connectivity index (χ3v) is 13.6. The van der Waals surface area contributed by atoms with E-state index < -0.39 is 0 Å². The maximum atomic E-state index is 6.60. The second-order valence-electron chi connectivity index (χ2n) is 17.5. The molecule has 13 aromatic rings. The first-order valence-electron chi connectivity index (χ1n) is 23.3. The number of para-hydroxylation sites is 1. The molecule has 0 saturated heterocycles. The van der Waals surface area contributed by atoms with E-state index in [9.17, 15) is 0 Å². The topological polar surface area (TPSA) is 16.4 Å². The van der Waals surface area contributed by atoms with Crippen LogP contribution in [0.1, 0.15) is 0 Å². The number of rotatable bonds is 8. The third kappa shape index (κ3) is 6.65. The van der Waals surface area contributed by atoms with Gasteiger partial charge in [-0.25, -0.2) is 0 Å². The minimum atomic E-state index is 0.891. The zero-order valence-electron chi connectivity index (χ0n) is 37.2. The van der Waals surface area contributed by atoms with Crippen LogP contribution in [0.5, 0.6) is 0 Å². The largest absolute Gasteiger partial charge is 0.455 e. The molecule has 0 atom stereocenters. The van der Waals surface area contributed by atoms with Crippen LogP contribution in [0.25, 0.3) is 110 Å². The van der Waals surface area contributed by atoms with Crippen LogP contribution in [-0.2, 0) is 0 Å². The number of furan rings is 1. The molecule has 2 heteroatoms. The minimum Gasteiger partial charge on any atom is -0.455 e. The highest BCUT2D eigenvalue weighted by Crippen LogP contribution is 2.47. The first-order chi connectivity index (χ1) is 33.7. The monoisotopic (exact) mass is 865 g/mol. The van der Waals surface area contributed by atoms with Crippen LogP contribution in [0.15, 0.2) is 265 Å². The Hall–Kier alpha value is -8.98. The van der Waals surface area contributed by atoms with Gasteiger partial charge < -0.3 is 9.32 Å². The zero-order chi connectivity index (χ0) is 45.0. The summed E-state index contributed by atoms with van der Waals surface area (Å²) in [4.78, 5) is 2.41. The molecule has 13 rings (SSSR count). The average Bonchev–Trinajstić information content (AvgIpc) is 3.81. The van der Waals surface area contributed by atoms with Gasteiger partial charge in [-0.2, -0.15) is 0 Å². The van der Waals surface area contributed by atoms with Crippen molar-refractivity contribution in [3.63, 3.8) is 0 Å². The molecule has 0 aliphatic rings. The Morgan fingerprint density at radius 2 is 0.809 bits per heavy atom. The quantitative estimate of drug-likeness (QED) is 0.142. The van der Waals surface area contributed by atoms with Crippen LogP contribution < -0.4 is 4.90 Å². The van der Waals surface area contributed by atoms with Crippen molar-refractivity contribution < 1.29 is 4.42 Å². The molecule has 0 unspecified atom stereocenters. The molecule has 0 aliphatic carbocycles. The summed E-state index contributed by atoms with van der Waals surface area (Å²) < 4.78 is 6.60. The summed E-state index contributed by atoms with van der Waals surface area (Å²) in [5, 5.41) is 9.53. The van der Waals surface area contributed by atoms with Crippen LogP contribution in [0.3, 0.4) is 0 Å². The summed E-state index contributed by atoms with van der Waals surface area (Å²) in [6, 6.07) is 94.4. The molecule has 0 saturated carbocycles. The van der Waals surface area contributed by atoms with Gasteiger partial charge in [0.25, 0.3) is 0 Å². The third-order valence-electron chi connectivity index (χ3n) is 13.6. The summed E-state index contributed by atoms with van der Waals surface area (Å²) in [5.41, 5.74) is 16.9. The van der Waals surface area contributed by atoms with Gasteiger partial charge in [-0.1, -0.05) is 212 Å². The van der Waals surface area contributed by atoms with Gasteiger partial charge in [0.05, 0.1) is 5.69 Å². The van der Waals surface area contributed by atoms with Gasteiger partial charge in [-0.05, 0) is 126 Å². The molecule has 0 radical (unpaired) electrons. The number of nitrogens with zero attached hydrogens (tertiary/aromatic N) is 1. The lowest BCUT2D eigenvalue weighted by atomic mass is 9.84.